The van der Waals surface area contributed by atoms with Gasteiger partial charge in [0.2, 0.25) is 0 Å². The molecule has 0 aromatic heterocycles. The molecule has 1 aromatic carbocycles. The summed E-state index contributed by atoms with van der Waals surface area (Å²) in [4.78, 5) is 14.7. The molecule has 2 atom stereocenters. The lowest BCUT2D eigenvalue weighted by molar-refractivity contribution is 0.0915. The number of nitrogens with one attached hydrogen (secondary N) is 1. The molecule has 0 spiro atoms. The second-order valence-corrected chi connectivity index (χ2v) is 5.59. The Bertz CT molecular complexity index is 466. The maximum absolute atomic E-state index is 12.2. The predicted molar refractivity (Wildman–Crippen MR) is 90.4 cm³/mol. The maximum Gasteiger partial charge on any atom is 0.251 e. The van der Waals surface area contributed by atoms with Crippen molar-refractivity contribution >= 4 is 36.4 Å². The molecule has 0 radical (unpaired) electrons. The van der Waals surface area contributed by atoms with E-state index in [9.17, 15) is 4.79 Å². The first-order valence-electron chi connectivity index (χ1n) is 7.14. The van der Waals surface area contributed by atoms with E-state index in [1.165, 1.54) is 25.8 Å². The number of fused-ring (bicyclic) bond motifs is 1. The number of rotatable bonds is 2. The molecule has 1 amide bonds. The molecule has 4 nitrogen and oxygen atoms in total. The molecule has 0 saturated carbocycles. The molecule has 2 fully saturated rings. The number of benzene rings is 1. The molecule has 2 aliphatic rings. The average Bonchev–Trinajstić information content (AvgIpc) is 2.83. The van der Waals surface area contributed by atoms with Gasteiger partial charge in [0.1, 0.15) is 0 Å². The molecule has 2 saturated heterocycles. The van der Waals surface area contributed by atoms with Crippen molar-refractivity contribution in [1.29, 1.82) is 0 Å². The van der Waals surface area contributed by atoms with Gasteiger partial charge in [0, 0.05) is 29.9 Å². The highest BCUT2D eigenvalue weighted by Gasteiger charge is 2.36. The number of amides is 1. The Balaban J connectivity index is 0.00000110. The van der Waals surface area contributed by atoms with Crippen LogP contribution in [0.25, 0.3) is 0 Å². The van der Waals surface area contributed by atoms with Gasteiger partial charge in [-0.2, -0.15) is 0 Å². The van der Waals surface area contributed by atoms with Gasteiger partial charge in [0.05, 0.1) is 0 Å². The number of anilines is 1. The van der Waals surface area contributed by atoms with Gasteiger partial charge in [-0.25, -0.2) is 0 Å². The van der Waals surface area contributed by atoms with Gasteiger partial charge in [0.25, 0.3) is 5.91 Å². The summed E-state index contributed by atoms with van der Waals surface area (Å²) in [6.45, 7) is 2.32. The Kier molecular flexibility index (Phi) is 6.78. The number of hydrogen-bond acceptors (Lipinski definition) is 3. The van der Waals surface area contributed by atoms with Gasteiger partial charge in [-0.3, -0.25) is 9.69 Å². The fraction of sp³-hybridized carbons (Fsp3) is 0.533. The highest BCUT2D eigenvalue weighted by Crippen LogP contribution is 2.27. The maximum atomic E-state index is 12.2. The van der Waals surface area contributed by atoms with Crippen molar-refractivity contribution in [1.82, 2.24) is 10.2 Å². The lowest BCUT2D eigenvalue weighted by Gasteiger charge is -2.32. The zero-order valence-corrected chi connectivity index (χ0v) is 13.6. The fourth-order valence-corrected chi connectivity index (χ4v) is 3.30. The number of halogens is 2. The van der Waals surface area contributed by atoms with Crippen LogP contribution in [0.2, 0.25) is 0 Å². The molecule has 1 aromatic rings. The van der Waals surface area contributed by atoms with E-state index in [1.807, 2.05) is 0 Å². The van der Waals surface area contributed by atoms with Crippen LogP contribution in [-0.2, 0) is 0 Å². The molecular formula is C15H23Cl2N3O. The Labute approximate surface area is 138 Å². The minimum Gasteiger partial charge on any atom is -0.399 e. The molecule has 21 heavy (non-hydrogen) atoms. The SMILES string of the molecule is Cl.Cl.Nc1ccc(C(=O)NC2CCN3CCCCC23)cc1. The third kappa shape index (κ3) is 4.02. The smallest absolute Gasteiger partial charge is 0.251 e. The summed E-state index contributed by atoms with van der Waals surface area (Å²) in [6.07, 6.45) is 4.88. The first-order valence-corrected chi connectivity index (χ1v) is 7.14. The largest absolute Gasteiger partial charge is 0.399 e. The van der Waals surface area contributed by atoms with Crippen molar-refractivity contribution in [3.05, 3.63) is 29.8 Å². The van der Waals surface area contributed by atoms with Gasteiger partial charge >= 0.3 is 0 Å². The highest BCUT2D eigenvalue weighted by molar-refractivity contribution is 5.94. The number of nitrogen functional groups attached to an aromatic ring is 1. The molecule has 0 aliphatic carbocycles. The van der Waals surface area contributed by atoms with E-state index in [-0.39, 0.29) is 30.7 Å². The molecule has 2 heterocycles. The van der Waals surface area contributed by atoms with Crippen molar-refractivity contribution in [2.75, 3.05) is 18.8 Å². The van der Waals surface area contributed by atoms with E-state index in [0.717, 1.165) is 13.0 Å². The van der Waals surface area contributed by atoms with E-state index in [4.69, 9.17) is 5.73 Å². The predicted octanol–water partition coefficient (Wildman–Crippen LogP) is 2.47. The van der Waals surface area contributed by atoms with E-state index >= 15 is 0 Å². The second-order valence-electron chi connectivity index (χ2n) is 5.59. The lowest BCUT2D eigenvalue weighted by Crippen LogP contribution is -2.46. The molecule has 3 rings (SSSR count). The normalized spacial score (nSPS) is 24.4. The van der Waals surface area contributed by atoms with Crippen LogP contribution in [0.4, 0.5) is 5.69 Å². The van der Waals surface area contributed by atoms with Crippen molar-refractivity contribution in [3.63, 3.8) is 0 Å². The van der Waals surface area contributed by atoms with E-state index in [1.54, 1.807) is 24.3 Å². The monoisotopic (exact) mass is 331 g/mol. The van der Waals surface area contributed by atoms with E-state index < -0.39 is 0 Å². The van der Waals surface area contributed by atoms with Crippen molar-refractivity contribution in [3.8, 4) is 0 Å². The summed E-state index contributed by atoms with van der Waals surface area (Å²) in [6, 6.07) is 7.99. The van der Waals surface area contributed by atoms with Crippen molar-refractivity contribution in [2.45, 2.75) is 37.8 Å². The third-order valence-electron chi connectivity index (χ3n) is 4.35. The van der Waals surface area contributed by atoms with E-state index in [0.29, 0.717) is 23.3 Å². The zero-order chi connectivity index (χ0) is 13.2. The molecular weight excluding hydrogens is 309 g/mol. The minimum absolute atomic E-state index is 0. The molecule has 2 unspecified atom stereocenters. The summed E-state index contributed by atoms with van der Waals surface area (Å²) in [7, 11) is 0. The van der Waals surface area contributed by atoms with E-state index in [2.05, 4.69) is 10.2 Å². The Hall–Kier alpha value is -0.970. The molecule has 6 heteroatoms. The molecule has 118 valence electrons. The fourth-order valence-electron chi connectivity index (χ4n) is 3.30. The number of carbonyl (C=O) groups is 1. The second kappa shape index (κ2) is 7.87. The van der Waals surface area contributed by atoms with Crippen LogP contribution < -0.4 is 11.1 Å². The Morgan fingerprint density at radius 3 is 2.52 bits per heavy atom. The number of hydrogen-bond donors (Lipinski definition) is 2. The van der Waals surface area contributed by atoms with Gasteiger partial charge in [-0.1, -0.05) is 6.42 Å². The summed E-state index contributed by atoms with van der Waals surface area (Å²) in [5.41, 5.74) is 7.03. The lowest BCUT2D eigenvalue weighted by atomic mass is 9.99. The van der Waals surface area contributed by atoms with Crippen LogP contribution in [0.3, 0.4) is 0 Å². The number of piperidine rings is 1. The number of carbonyl (C=O) groups excluding carboxylic acids is 1. The molecule has 3 N–H and O–H groups in total. The first kappa shape index (κ1) is 18.1. The number of nitrogens with two attached hydrogens (primary N) is 1. The highest BCUT2D eigenvalue weighted by atomic mass is 35.5. The minimum atomic E-state index is 0. The van der Waals surface area contributed by atoms with Gasteiger partial charge < -0.3 is 11.1 Å². The summed E-state index contributed by atoms with van der Waals surface area (Å²) < 4.78 is 0. The molecule has 0 bridgehead atoms. The van der Waals surface area contributed by atoms with Crippen LogP contribution in [0.1, 0.15) is 36.0 Å². The number of nitrogens with zero attached hydrogens (tertiary/aromatic N) is 1. The van der Waals surface area contributed by atoms with Crippen LogP contribution >= 0.6 is 24.8 Å². The summed E-state index contributed by atoms with van der Waals surface area (Å²) >= 11 is 0. The summed E-state index contributed by atoms with van der Waals surface area (Å²) in [5, 5.41) is 3.19. The standard InChI is InChI=1S/C15H21N3O.2ClH/c16-12-6-4-11(5-7-12)15(19)17-13-8-10-18-9-2-1-3-14(13)18;;/h4-7,13-14H,1-3,8-10,16H2,(H,17,19);2*1H. The van der Waals surface area contributed by atoms with Crippen molar-refractivity contribution < 1.29 is 4.79 Å². The van der Waals surface area contributed by atoms with Crippen LogP contribution in [0, 0.1) is 0 Å². The van der Waals surface area contributed by atoms with Gasteiger partial charge in [-0.15, -0.1) is 24.8 Å². The van der Waals surface area contributed by atoms with Gasteiger partial charge in [-0.05, 0) is 50.1 Å². The first-order chi connectivity index (χ1) is 9.24. The molecule has 2 aliphatic heterocycles. The van der Waals surface area contributed by atoms with Crippen LogP contribution in [-0.4, -0.2) is 36.0 Å². The third-order valence-corrected chi connectivity index (χ3v) is 4.35. The Morgan fingerprint density at radius 1 is 1.10 bits per heavy atom. The van der Waals surface area contributed by atoms with Crippen molar-refractivity contribution in [2.24, 2.45) is 0 Å². The average molecular weight is 332 g/mol. The quantitative estimate of drug-likeness (QED) is 0.818. The van der Waals surface area contributed by atoms with Crippen LogP contribution in [0.15, 0.2) is 24.3 Å². The Morgan fingerprint density at radius 2 is 1.81 bits per heavy atom. The summed E-state index contributed by atoms with van der Waals surface area (Å²) in [5.74, 6) is 0.0254. The van der Waals surface area contributed by atoms with Crippen LogP contribution in [0.5, 0.6) is 0 Å². The topological polar surface area (TPSA) is 58.4 Å². The zero-order valence-electron chi connectivity index (χ0n) is 12.0. The van der Waals surface area contributed by atoms with Gasteiger partial charge in [0.15, 0.2) is 0 Å².